The fourth-order valence-corrected chi connectivity index (χ4v) is 2.44. The van der Waals surface area contributed by atoms with E-state index in [1.807, 2.05) is 36.4 Å². The van der Waals surface area contributed by atoms with Crippen LogP contribution in [-0.4, -0.2) is 23.9 Å². The van der Waals surface area contributed by atoms with Crippen molar-refractivity contribution in [2.75, 3.05) is 18.9 Å². The third-order valence-corrected chi connectivity index (χ3v) is 3.87. The number of benzene rings is 1. The van der Waals surface area contributed by atoms with E-state index in [2.05, 4.69) is 32.8 Å². The molecule has 0 saturated carbocycles. The van der Waals surface area contributed by atoms with Gasteiger partial charge in [0.05, 0.1) is 18.2 Å². The molecular weight excluding hydrogens is 348 g/mol. The summed E-state index contributed by atoms with van der Waals surface area (Å²) >= 11 is 5.04. The highest BCUT2D eigenvalue weighted by Crippen LogP contribution is 2.18. The van der Waals surface area contributed by atoms with Gasteiger partial charge in [0.1, 0.15) is 5.75 Å². The molecule has 0 fully saturated rings. The van der Waals surface area contributed by atoms with E-state index in [1.54, 1.807) is 18.0 Å². The first-order chi connectivity index (χ1) is 10.3. The minimum atomic E-state index is 0.375. The smallest absolute Gasteiger partial charge is 0.119 e. The average molecular weight is 363 g/mol. The van der Waals surface area contributed by atoms with Gasteiger partial charge in [-0.15, -0.1) is 11.8 Å². The molecule has 1 heterocycles. The molecule has 1 aromatic heterocycles. The van der Waals surface area contributed by atoms with Crippen LogP contribution in [0.4, 0.5) is 0 Å². The molecule has 3 nitrogen and oxygen atoms in total. The van der Waals surface area contributed by atoms with E-state index in [1.165, 1.54) is 0 Å². The van der Waals surface area contributed by atoms with Crippen molar-refractivity contribution in [1.29, 1.82) is 0 Å². The molecule has 0 bridgehead atoms. The van der Waals surface area contributed by atoms with Gasteiger partial charge < -0.3 is 10.5 Å². The van der Waals surface area contributed by atoms with E-state index in [-0.39, 0.29) is 0 Å². The van der Waals surface area contributed by atoms with Crippen molar-refractivity contribution in [2.24, 2.45) is 5.73 Å². The van der Waals surface area contributed by atoms with Crippen LogP contribution >= 0.6 is 27.7 Å². The second-order valence-corrected chi connectivity index (χ2v) is 6.07. The van der Waals surface area contributed by atoms with Crippen LogP contribution in [0.5, 0.6) is 5.75 Å². The molecule has 0 aliphatic carbocycles. The Morgan fingerprint density at radius 2 is 2.00 bits per heavy atom. The second kappa shape index (κ2) is 8.73. The summed E-state index contributed by atoms with van der Waals surface area (Å²) in [7, 11) is 0. The molecule has 2 N–H and O–H groups in total. The summed E-state index contributed by atoms with van der Waals surface area (Å²) in [4.78, 5) is 4.30. The number of nitrogens with two attached hydrogens (primary N) is 1. The number of rotatable bonds is 5. The lowest BCUT2D eigenvalue weighted by atomic mass is 10.2. The molecule has 21 heavy (non-hydrogen) atoms. The second-order valence-electron chi connectivity index (χ2n) is 4.04. The lowest BCUT2D eigenvalue weighted by Gasteiger charge is -2.05. The van der Waals surface area contributed by atoms with E-state index in [4.69, 9.17) is 10.5 Å². The van der Waals surface area contributed by atoms with Gasteiger partial charge >= 0.3 is 0 Å². The maximum atomic E-state index is 5.68. The van der Waals surface area contributed by atoms with Crippen LogP contribution in [0.3, 0.4) is 0 Å². The highest BCUT2D eigenvalue weighted by molar-refractivity contribution is 9.10. The lowest BCUT2D eigenvalue weighted by Crippen LogP contribution is -2.00. The summed E-state index contributed by atoms with van der Waals surface area (Å²) in [5.74, 6) is 7.50. The first-order valence-electron chi connectivity index (χ1n) is 6.44. The molecule has 2 rings (SSSR count). The van der Waals surface area contributed by atoms with Gasteiger partial charge in [-0.1, -0.05) is 11.8 Å². The fourth-order valence-electron chi connectivity index (χ4n) is 1.54. The van der Waals surface area contributed by atoms with Crippen molar-refractivity contribution < 1.29 is 4.74 Å². The fraction of sp³-hybridized carbons (Fsp3) is 0.188. The predicted molar refractivity (Wildman–Crippen MR) is 90.5 cm³/mol. The van der Waals surface area contributed by atoms with E-state index in [9.17, 15) is 0 Å². The number of aromatic nitrogens is 1. The van der Waals surface area contributed by atoms with Crippen LogP contribution in [0, 0.1) is 11.8 Å². The Morgan fingerprint density at radius 1 is 1.19 bits per heavy atom. The van der Waals surface area contributed by atoms with E-state index < -0.39 is 0 Å². The Balaban J connectivity index is 1.74. The molecule has 1 aromatic carbocycles. The number of hydrogen-bond donors (Lipinski definition) is 1. The van der Waals surface area contributed by atoms with Crippen molar-refractivity contribution in [3.8, 4) is 17.6 Å². The summed E-state index contributed by atoms with van der Waals surface area (Å²) in [5, 5.41) is 0.995. The van der Waals surface area contributed by atoms with Gasteiger partial charge in [0.15, 0.2) is 0 Å². The van der Waals surface area contributed by atoms with Crippen molar-refractivity contribution >= 4 is 27.7 Å². The molecule has 0 saturated heterocycles. The zero-order valence-corrected chi connectivity index (χ0v) is 13.8. The minimum absolute atomic E-state index is 0.375. The number of ether oxygens (including phenoxy) is 1. The van der Waals surface area contributed by atoms with Crippen molar-refractivity contribution in [1.82, 2.24) is 4.98 Å². The SMILES string of the molecule is NCC#Cc1ccc(OCCSc2ccc(Br)cn2)cc1. The predicted octanol–water partition coefficient (Wildman–Crippen LogP) is 3.33. The maximum absolute atomic E-state index is 5.68. The Hall–Kier alpha value is -1.48. The third kappa shape index (κ3) is 5.80. The lowest BCUT2D eigenvalue weighted by molar-refractivity contribution is 0.344. The van der Waals surface area contributed by atoms with Crippen LogP contribution in [0.1, 0.15) is 5.56 Å². The van der Waals surface area contributed by atoms with E-state index in [0.29, 0.717) is 13.2 Å². The van der Waals surface area contributed by atoms with Gasteiger partial charge in [-0.2, -0.15) is 0 Å². The number of pyridine rings is 1. The van der Waals surface area contributed by atoms with Crippen LogP contribution in [-0.2, 0) is 0 Å². The van der Waals surface area contributed by atoms with Crippen LogP contribution in [0.15, 0.2) is 52.1 Å². The molecule has 0 radical (unpaired) electrons. The highest BCUT2D eigenvalue weighted by Gasteiger charge is 1.97. The van der Waals surface area contributed by atoms with Gasteiger partial charge in [-0.25, -0.2) is 4.98 Å². The molecule has 0 amide bonds. The van der Waals surface area contributed by atoms with Crippen molar-refractivity contribution in [2.45, 2.75) is 5.03 Å². The molecule has 2 aromatic rings. The first-order valence-corrected chi connectivity index (χ1v) is 8.22. The number of thioether (sulfide) groups is 1. The summed E-state index contributed by atoms with van der Waals surface area (Å²) < 4.78 is 6.67. The van der Waals surface area contributed by atoms with Gasteiger partial charge in [0, 0.05) is 22.0 Å². The molecule has 0 unspecified atom stereocenters. The zero-order valence-electron chi connectivity index (χ0n) is 11.4. The largest absolute Gasteiger partial charge is 0.493 e. The van der Waals surface area contributed by atoms with Gasteiger partial charge in [0.2, 0.25) is 0 Å². The summed E-state index contributed by atoms with van der Waals surface area (Å²) in [5.41, 5.74) is 6.28. The van der Waals surface area contributed by atoms with Gasteiger partial charge in [0.25, 0.3) is 0 Å². The molecule has 0 aliphatic rings. The number of halogens is 1. The Bertz CT molecular complexity index is 617. The topological polar surface area (TPSA) is 48.1 Å². The standard InChI is InChI=1S/C16H15BrN2OS/c17-14-5-8-16(19-12-14)21-11-10-20-15-6-3-13(4-7-15)2-1-9-18/h3-8,12H,9-11,18H2. The third-order valence-electron chi connectivity index (χ3n) is 2.49. The Morgan fingerprint density at radius 3 is 2.67 bits per heavy atom. The molecule has 108 valence electrons. The normalized spacial score (nSPS) is 9.81. The highest BCUT2D eigenvalue weighted by atomic mass is 79.9. The van der Waals surface area contributed by atoms with Crippen LogP contribution in [0.25, 0.3) is 0 Å². The molecule has 0 aliphatic heterocycles. The monoisotopic (exact) mass is 362 g/mol. The Kier molecular flexibility index (Phi) is 6.61. The Labute approximate surface area is 137 Å². The van der Waals surface area contributed by atoms with Gasteiger partial charge in [-0.3, -0.25) is 0 Å². The van der Waals surface area contributed by atoms with Gasteiger partial charge in [-0.05, 0) is 52.3 Å². The summed E-state index contributed by atoms with van der Waals surface area (Å²) in [6, 6.07) is 11.7. The van der Waals surface area contributed by atoms with E-state index >= 15 is 0 Å². The average Bonchev–Trinajstić information content (AvgIpc) is 2.52. The number of hydrogen-bond acceptors (Lipinski definition) is 4. The maximum Gasteiger partial charge on any atom is 0.119 e. The quantitative estimate of drug-likeness (QED) is 0.503. The van der Waals surface area contributed by atoms with Crippen LogP contribution in [0.2, 0.25) is 0 Å². The van der Waals surface area contributed by atoms with Crippen LogP contribution < -0.4 is 10.5 Å². The van der Waals surface area contributed by atoms with E-state index in [0.717, 1.165) is 26.6 Å². The van der Waals surface area contributed by atoms with Crippen molar-refractivity contribution in [3.63, 3.8) is 0 Å². The number of nitrogens with zero attached hydrogens (tertiary/aromatic N) is 1. The summed E-state index contributed by atoms with van der Waals surface area (Å²) in [6.45, 7) is 1.01. The molecular formula is C16H15BrN2OS. The molecule has 0 spiro atoms. The summed E-state index contributed by atoms with van der Waals surface area (Å²) in [6.07, 6.45) is 1.80. The first kappa shape index (κ1) is 15.9. The molecule has 0 atom stereocenters. The zero-order chi connectivity index (χ0) is 14.9. The minimum Gasteiger partial charge on any atom is -0.493 e. The molecule has 5 heteroatoms. The van der Waals surface area contributed by atoms with Crippen molar-refractivity contribution in [3.05, 3.63) is 52.6 Å².